The van der Waals surface area contributed by atoms with Crippen LogP contribution >= 0.6 is 0 Å². The van der Waals surface area contributed by atoms with E-state index in [9.17, 15) is 5.11 Å². The molecule has 0 saturated carbocycles. The molecule has 1 heterocycles. The Balaban J connectivity index is 1.99. The summed E-state index contributed by atoms with van der Waals surface area (Å²) in [6, 6.07) is 8.07. The predicted molar refractivity (Wildman–Crippen MR) is 85.1 cm³/mol. The number of nitrogen functional groups attached to an aromatic ring is 1. The monoisotopic (exact) mass is 288 g/mol. The van der Waals surface area contributed by atoms with E-state index in [-0.39, 0.29) is 0 Å². The Hall–Kier alpha value is -1.77. The number of anilines is 2. The lowest BCUT2D eigenvalue weighted by molar-refractivity contribution is 0.0345. The molecule has 114 valence electrons. The number of nitrogens with two attached hydrogens (primary N) is 1. The Labute approximate surface area is 126 Å². The molecule has 0 radical (unpaired) electrons. The molecule has 0 bridgehead atoms. The molecule has 1 aromatic rings. The highest BCUT2D eigenvalue weighted by Crippen LogP contribution is 2.23. The Kier molecular flexibility index (Phi) is 4.71. The first-order valence-electron chi connectivity index (χ1n) is 7.34. The lowest BCUT2D eigenvalue weighted by Gasteiger charge is -2.38. The van der Waals surface area contributed by atoms with E-state index in [0.717, 1.165) is 37.4 Å². The minimum atomic E-state index is -0.649. The van der Waals surface area contributed by atoms with Crippen molar-refractivity contribution < 1.29 is 5.11 Å². The molecule has 0 amide bonds. The molecule has 2 rings (SSSR count). The highest BCUT2D eigenvalue weighted by atomic mass is 16.3. The maximum Gasteiger partial charge on any atom is 0.0718 e. The molecule has 3 N–H and O–H groups in total. The molecule has 1 aliphatic heterocycles. The van der Waals surface area contributed by atoms with Crippen molar-refractivity contribution in [2.45, 2.75) is 25.9 Å². The summed E-state index contributed by atoms with van der Waals surface area (Å²) in [5.41, 5.74) is 7.94. The van der Waals surface area contributed by atoms with Crippen molar-refractivity contribution in [1.29, 1.82) is 5.26 Å². The molecule has 0 unspecified atom stereocenters. The summed E-state index contributed by atoms with van der Waals surface area (Å²) < 4.78 is 0. The van der Waals surface area contributed by atoms with Crippen LogP contribution in [0, 0.1) is 11.3 Å². The van der Waals surface area contributed by atoms with Crippen LogP contribution in [0.1, 0.15) is 19.4 Å². The zero-order chi connectivity index (χ0) is 15.5. The van der Waals surface area contributed by atoms with E-state index in [1.165, 1.54) is 0 Å². The fraction of sp³-hybridized carbons (Fsp3) is 0.562. The first-order chi connectivity index (χ1) is 9.89. The lowest BCUT2D eigenvalue weighted by atomic mass is 10.1. The molecule has 0 atom stereocenters. The molecule has 0 aliphatic carbocycles. The van der Waals surface area contributed by atoms with Gasteiger partial charge in [0.2, 0.25) is 0 Å². The van der Waals surface area contributed by atoms with Gasteiger partial charge in [-0.05, 0) is 37.6 Å². The van der Waals surface area contributed by atoms with Gasteiger partial charge >= 0.3 is 0 Å². The zero-order valence-corrected chi connectivity index (χ0v) is 12.8. The van der Waals surface area contributed by atoms with E-state index in [0.29, 0.717) is 18.7 Å². The van der Waals surface area contributed by atoms with E-state index in [1.807, 2.05) is 32.0 Å². The van der Waals surface area contributed by atoms with E-state index in [1.54, 1.807) is 0 Å². The first kappa shape index (κ1) is 15.6. The quantitative estimate of drug-likeness (QED) is 0.815. The van der Waals surface area contributed by atoms with Crippen LogP contribution in [-0.2, 0) is 6.42 Å². The van der Waals surface area contributed by atoms with Crippen LogP contribution < -0.4 is 10.6 Å². The number of benzene rings is 1. The molecular formula is C16H24N4O. The molecule has 1 saturated heterocycles. The van der Waals surface area contributed by atoms with Gasteiger partial charge in [0.15, 0.2) is 0 Å². The summed E-state index contributed by atoms with van der Waals surface area (Å²) in [6.45, 7) is 8.09. The minimum absolute atomic E-state index is 0.346. The third kappa shape index (κ3) is 4.35. The third-order valence-corrected chi connectivity index (χ3v) is 3.74. The zero-order valence-electron chi connectivity index (χ0n) is 12.8. The predicted octanol–water partition coefficient (Wildman–Crippen LogP) is 1.23. The van der Waals surface area contributed by atoms with E-state index < -0.39 is 5.60 Å². The largest absolute Gasteiger partial charge is 0.398 e. The van der Waals surface area contributed by atoms with Crippen LogP contribution in [0.4, 0.5) is 11.4 Å². The maximum atomic E-state index is 9.88. The topological polar surface area (TPSA) is 76.5 Å². The van der Waals surface area contributed by atoms with Gasteiger partial charge in [-0.25, -0.2) is 0 Å². The number of aliphatic hydroxyl groups is 1. The molecule has 5 nitrogen and oxygen atoms in total. The van der Waals surface area contributed by atoms with Crippen molar-refractivity contribution in [2.75, 3.05) is 43.4 Å². The summed E-state index contributed by atoms with van der Waals surface area (Å²) in [4.78, 5) is 4.59. The number of hydrogen-bond donors (Lipinski definition) is 2. The Bertz CT molecular complexity index is 522. The Morgan fingerprint density at radius 2 is 1.95 bits per heavy atom. The summed E-state index contributed by atoms with van der Waals surface area (Å²) in [6.07, 6.45) is 0.346. The van der Waals surface area contributed by atoms with Crippen molar-refractivity contribution in [3.63, 3.8) is 0 Å². The van der Waals surface area contributed by atoms with Crippen LogP contribution in [0.15, 0.2) is 18.2 Å². The third-order valence-electron chi connectivity index (χ3n) is 3.74. The summed E-state index contributed by atoms with van der Waals surface area (Å²) in [5, 5.41) is 18.7. The molecule has 0 aromatic heterocycles. The number of β-amino-alcohol motifs (C(OH)–C–C–N with tert-alkyl or cyclic N) is 1. The highest BCUT2D eigenvalue weighted by Gasteiger charge is 2.23. The number of hydrogen-bond acceptors (Lipinski definition) is 5. The molecule has 1 aliphatic rings. The standard InChI is InChI=1S/C16H24N4O/c1-16(2,21)12-19-7-9-20(10-8-19)14-3-4-15(18)13(11-14)5-6-17/h3-4,11,21H,5,7-10,12,18H2,1-2H3. The van der Waals surface area contributed by atoms with Crippen LogP contribution in [0.3, 0.4) is 0 Å². The molecule has 0 spiro atoms. The average Bonchev–Trinajstić information content (AvgIpc) is 2.41. The fourth-order valence-corrected chi connectivity index (χ4v) is 2.74. The fourth-order valence-electron chi connectivity index (χ4n) is 2.74. The number of piperazine rings is 1. The minimum Gasteiger partial charge on any atom is -0.398 e. The van der Waals surface area contributed by atoms with Crippen LogP contribution in [0.5, 0.6) is 0 Å². The van der Waals surface area contributed by atoms with E-state index >= 15 is 0 Å². The van der Waals surface area contributed by atoms with Gasteiger partial charge in [-0.2, -0.15) is 5.26 Å². The highest BCUT2D eigenvalue weighted by molar-refractivity contribution is 5.59. The average molecular weight is 288 g/mol. The first-order valence-corrected chi connectivity index (χ1v) is 7.34. The normalized spacial score (nSPS) is 16.8. The molecule has 5 heteroatoms. The van der Waals surface area contributed by atoms with Gasteiger partial charge < -0.3 is 15.7 Å². The molecule has 1 fully saturated rings. The van der Waals surface area contributed by atoms with Gasteiger partial charge in [0.1, 0.15) is 0 Å². The van der Waals surface area contributed by atoms with E-state index in [4.69, 9.17) is 11.0 Å². The van der Waals surface area contributed by atoms with E-state index in [2.05, 4.69) is 15.9 Å². The van der Waals surface area contributed by atoms with Crippen LogP contribution in [0.25, 0.3) is 0 Å². The molecule has 1 aromatic carbocycles. The van der Waals surface area contributed by atoms with Gasteiger partial charge in [0.25, 0.3) is 0 Å². The van der Waals surface area contributed by atoms with Crippen molar-refractivity contribution in [2.24, 2.45) is 0 Å². The van der Waals surface area contributed by atoms with Crippen molar-refractivity contribution >= 4 is 11.4 Å². The van der Waals surface area contributed by atoms with Gasteiger partial charge in [-0.15, -0.1) is 0 Å². The van der Waals surface area contributed by atoms with Gasteiger partial charge in [-0.3, -0.25) is 4.90 Å². The number of rotatable bonds is 4. The van der Waals surface area contributed by atoms with Crippen molar-refractivity contribution in [3.8, 4) is 6.07 Å². The Morgan fingerprint density at radius 1 is 1.29 bits per heavy atom. The van der Waals surface area contributed by atoms with Gasteiger partial charge in [0.05, 0.1) is 18.1 Å². The lowest BCUT2D eigenvalue weighted by Crippen LogP contribution is -2.50. The smallest absolute Gasteiger partial charge is 0.0718 e. The van der Waals surface area contributed by atoms with Gasteiger partial charge in [0, 0.05) is 44.1 Å². The van der Waals surface area contributed by atoms with Crippen molar-refractivity contribution in [1.82, 2.24) is 4.90 Å². The number of nitriles is 1. The van der Waals surface area contributed by atoms with Crippen LogP contribution in [-0.4, -0.2) is 48.3 Å². The van der Waals surface area contributed by atoms with Gasteiger partial charge in [-0.1, -0.05) is 0 Å². The Morgan fingerprint density at radius 3 is 2.52 bits per heavy atom. The second-order valence-electron chi connectivity index (χ2n) is 6.29. The van der Waals surface area contributed by atoms with Crippen molar-refractivity contribution in [3.05, 3.63) is 23.8 Å². The summed E-state index contributed by atoms with van der Waals surface area (Å²) in [7, 11) is 0. The second kappa shape index (κ2) is 6.33. The molecule has 21 heavy (non-hydrogen) atoms. The van der Waals surface area contributed by atoms with Crippen LogP contribution in [0.2, 0.25) is 0 Å². The maximum absolute atomic E-state index is 9.88. The summed E-state index contributed by atoms with van der Waals surface area (Å²) >= 11 is 0. The number of nitrogens with zero attached hydrogens (tertiary/aromatic N) is 3. The molecular weight excluding hydrogens is 264 g/mol. The SMILES string of the molecule is CC(C)(O)CN1CCN(c2ccc(N)c(CC#N)c2)CC1. The summed E-state index contributed by atoms with van der Waals surface area (Å²) in [5.74, 6) is 0. The second-order valence-corrected chi connectivity index (χ2v) is 6.29.